The second kappa shape index (κ2) is 4.10. The van der Waals surface area contributed by atoms with Crippen LogP contribution in [0.1, 0.15) is 25.8 Å². The molecule has 1 atom stereocenters. The Morgan fingerprint density at radius 1 is 1.77 bits per heavy atom. The van der Waals surface area contributed by atoms with Crippen molar-refractivity contribution in [2.45, 2.75) is 26.3 Å². The number of hydrogen-bond acceptors (Lipinski definition) is 4. The lowest BCUT2D eigenvalue weighted by Gasteiger charge is -2.09. The van der Waals surface area contributed by atoms with E-state index in [2.05, 4.69) is 9.69 Å². The molecule has 1 rings (SSSR count). The van der Waals surface area contributed by atoms with Crippen LogP contribution in [-0.2, 0) is 0 Å². The lowest BCUT2D eigenvalue weighted by molar-refractivity contribution is 0.766. The third kappa shape index (κ3) is 2.10. The zero-order valence-electron chi connectivity index (χ0n) is 7.55. The van der Waals surface area contributed by atoms with E-state index >= 15 is 0 Å². The van der Waals surface area contributed by atoms with Crippen LogP contribution < -0.4 is 10.9 Å². The molecule has 0 saturated carbocycles. The van der Waals surface area contributed by atoms with Crippen LogP contribution in [0, 0.1) is 11.3 Å². The lowest BCUT2D eigenvalue weighted by atomic mass is 10.2. The van der Waals surface area contributed by atoms with Gasteiger partial charge < -0.3 is 5.32 Å². The molecular weight excluding hydrogens is 186 g/mol. The van der Waals surface area contributed by atoms with Crippen molar-refractivity contribution >= 4 is 16.5 Å². The second-order valence-corrected chi connectivity index (χ2v) is 3.62. The second-order valence-electron chi connectivity index (χ2n) is 2.80. The molecule has 1 aromatic rings. The molecule has 0 aromatic carbocycles. The van der Waals surface area contributed by atoms with Crippen molar-refractivity contribution in [3.63, 3.8) is 0 Å². The van der Waals surface area contributed by atoms with Gasteiger partial charge in [0.1, 0.15) is 11.1 Å². The number of H-pyrrole nitrogens is 1. The standard InChI is InChI=1S/C8H11N3OS/c1-3-5(2)10-8-6(4-9)7(12)11-13-8/h5,10H,3H2,1-2H3,(H,11,12). The van der Waals surface area contributed by atoms with Gasteiger partial charge in [0, 0.05) is 6.04 Å². The number of aromatic amines is 1. The Labute approximate surface area is 80.4 Å². The summed E-state index contributed by atoms with van der Waals surface area (Å²) in [6.45, 7) is 4.05. The van der Waals surface area contributed by atoms with Gasteiger partial charge in [0.2, 0.25) is 0 Å². The quantitative estimate of drug-likeness (QED) is 0.771. The van der Waals surface area contributed by atoms with Crippen molar-refractivity contribution in [3.8, 4) is 6.07 Å². The SMILES string of the molecule is CCC(C)Nc1s[nH]c(=O)c1C#N. The molecular formula is C8H11N3OS. The lowest BCUT2D eigenvalue weighted by Crippen LogP contribution is -2.14. The van der Waals surface area contributed by atoms with Crippen LogP contribution in [0.3, 0.4) is 0 Å². The van der Waals surface area contributed by atoms with Crippen LogP contribution in [0.15, 0.2) is 4.79 Å². The Hall–Kier alpha value is -1.28. The smallest absolute Gasteiger partial charge is 0.278 e. The summed E-state index contributed by atoms with van der Waals surface area (Å²) in [7, 11) is 0. The highest BCUT2D eigenvalue weighted by atomic mass is 32.1. The van der Waals surface area contributed by atoms with Gasteiger partial charge in [0.25, 0.3) is 5.56 Å². The van der Waals surface area contributed by atoms with Crippen molar-refractivity contribution in [1.29, 1.82) is 5.26 Å². The number of nitrogens with one attached hydrogen (secondary N) is 2. The van der Waals surface area contributed by atoms with Gasteiger partial charge >= 0.3 is 0 Å². The number of aromatic nitrogens is 1. The highest BCUT2D eigenvalue weighted by molar-refractivity contribution is 7.10. The zero-order valence-corrected chi connectivity index (χ0v) is 8.36. The third-order valence-electron chi connectivity index (χ3n) is 1.80. The minimum absolute atomic E-state index is 0.185. The summed E-state index contributed by atoms with van der Waals surface area (Å²) in [6.07, 6.45) is 0.955. The van der Waals surface area contributed by atoms with Crippen molar-refractivity contribution in [1.82, 2.24) is 4.37 Å². The fraction of sp³-hybridized carbons (Fsp3) is 0.500. The summed E-state index contributed by atoms with van der Waals surface area (Å²) < 4.78 is 2.52. The summed E-state index contributed by atoms with van der Waals surface area (Å²) >= 11 is 1.17. The topological polar surface area (TPSA) is 68.7 Å². The van der Waals surface area contributed by atoms with Gasteiger partial charge in [-0.25, -0.2) is 0 Å². The predicted molar refractivity (Wildman–Crippen MR) is 53.0 cm³/mol. The predicted octanol–water partition coefficient (Wildman–Crippen LogP) is 1.52. The molecule has 0 saturated heterocycles. The summed E-state index contributed by atoms with van der Waals surface area (Å²) in [4.78, 5) is 11.0. The van der Waals surface area contributed by atoms with E-state index in [1.54, 1.807) is 0 Å². The van der Waals surface area contributed by atoms with Crippen LogP contribution in [-0.4, -0.2) is 10.4 Å². The zero-order chi connectivity index (χ0) is 9.84. The van der Waals surface area contributed by atoms with Gasteiger partial charge in [-0.1, -0.05) is 6.92 Å². The average Bonchev–Trinajstić information content (AvgIpc) is 2.46. The first kappa shape index (κ1) is 9.81. The summed E-state index contributed by atoms with van der Waals surface area (Å²) in [5.41, 5.74) is -0.122. The molecule has 0 aliphatic rings. The minimum Gasteiger partial charge on any atom is -0.372 e. The number of hydrogen-bond donors (Lipinski definition) is 2. The third-order valence-corrected chi connectivity index (χ3v) is 2.62. The van der Waals surface area contributed by atoms with Crippen molar-refractivity contribution in [2.24, 2.45) is 0 Å². The highest BCUT2D eigenvalue weighted by Gasteiger charge is 2.10. The summed E-state index contributed by atoms with van der Waals surface area (Å²) in [5, 5.41) is 12.4. The molecule has 0 bridgehead atoms. The minimum atomic E-state index is -0.307. The van der Waals surface area contributed by atoms with E-state index in [0.29, 0.717) is 5.00 Å². The number of nitrogens with zero attached hydrogens (tertiary/aromatic N) is 1. The monoisotopic (exact) mass is 197 g/mol. The molecule has 13 heavy (non-hydrogen) atoms. The molecule has 5 heteroatoms. The number of rotatable bonds is 3. The van der Waals surface area contributed by atoms with E-state index in [4.69, 9.17) is 5.26 Å². The first-order chi connectivity index (χ1) is 6.19. The maximum absolute atomic E-state index is 11.0. The van der Waals surface area contributed by atoms with Gasteiger partial charge in [0.15, 0.2) is 5.56 Å². The molecule has 1 aromatic heterocycles. The highest BCUT2D eigenvalue weighted by Crippen LogP contribution is 2.16. The summed E-state index contributed by atoms with van der Waals surface area (Å²) in [5.74, 6) is 0. The maximum atomic E-state index is 11.0. The van der Waals surface area contributed by atoms with Gasteiger partial charge in [-0.3, -0.25) is 9.17 Å². The molecule has 1 unspecified atom stereocenters. The van der Waals surface area contributed by atoms with Crippen molar-refractivity contribution < 1.29 is 0 Å². The Morgan fingerprint density at radius 2 is 2.46 bits per heavy atom. The van der Waals surface area contributed by atoms with Crippen LogP contribution in [0.25, 0.3) is 0 Å². The van der Waals surface area contributed by atoms with E-state index in [1.807, 2.05) is 19.9 Å². The van der Waals surface area contributed by atoms with Crippen molar-refractivity contribution in [3.05, 3.63) is 15.9 Å². The fourth-order valence-corrected chi connectivity index (χ4v) is 1.63. The Kier molecular flexibility index (Phi) is 3.09. The first-order valence-electron chi connectivity index (χ1n) is 4.07. The van der Waals surface area contributed by atoms with Crippen LogP contribution in [0.4, 0.5) is 5.00 Å². The van der Waals surface area contributed by atoms with Crippen LogP contribution >= 0.6 is 11.5 Å². The molecule has 0 spiro atoms. The molecule has 4 nitrogen and oxygen atoms in total. The molecule has 0 aliphatic carbocycles. The van der Waals surface area contributed by atoms with Gasteiger partial charge in [-0.05, 0) is 24.9 Å². The van der Waals surface area contributed by atoms with Gasteiger partial charge in [-0.15, -0.1) is 0 Å². The van der Waals surface area contributed by atoms with E-state index in [1.165, 1.54) is 11.5 Å². The van der Waals surface area contributed by atoms with E-state index < -0.39 is 0 Å². The summed E-state index contributed by atoms with van der Waals surface area (Å²) in [6, 6.07) is 2.15. The van der Waals surface area contributed by atoms with Crippen LogP contribution in [0.5, 0.6) is 0 Å². The van der Waals surface area contributed by atoms with E-state index in [-0.39, 0.29) is 17.2 Å². The molecule has 0 aliphatic heterocycles. The normalized spacial score (nSPS) is 12.1. The molecule has 1 heterocycles. The van der Waals surface area contributed by atoms with Crippen LogP contribution in [0.2, 0.25) is 0 Å². The molecule has 70 valence electrons. The Bertz CT molecular complexity index is 373. The first-order valence-corrected chi connectivity index (χ1v) is 4.88. The number of anilines is 1. The Balaban J connectivity index is 2.90. The van der Waals surface area contributed by atoms with Gasteiger partial charge in [0.05, 0.1) is 0 Å². The largest absolute Gasteiger partial charge is 0.372 e. The molecule has 2 N–H and O–H groups in total. The Morgan fingerprint density at radius 3 is 3.00 bits per heavy atom. The number of nitriles is 1. The molecule has 0 amide bonds. The van der Waals surface area contributed by atoms with Gasteiger partial charge in [-0.2, -0.15) is 5.26 Å². The fourth-order valence-electron chi connectivity index (χ4n) is 0.832. The average molecular weight is 197 g/mol. The molecule has 0 radical (unpaired) electrons. The van der Waals surface area contributed by atoms with E-state index in [9.17, 15) is 4.79 Å². The molecule has 0 fully saturated rings. The maximum Gasteiger partial charge on any atom is 0.278 e. The van der Waals surface area contributed by atoms with E-state index in [0.717, 1.165) is 6.42 Å². The van der Waals surface area contributed by atoms with Crippen molar-refractivity contribution in [2.75, 3.05) is 5.32 Å².